The summed E-state index contributed by atoms with van der Waals surface area (Å²) in [6, 6.07) is 3.59. The number of hydrogen-bond donors (Lipinski definition) is 0. The number of benzene rings is 1. The highest BCUT2D eigenvalue weighted by Gasteiger charge is 2.05. The zero-order valence-electron chi connectivity index (χ0n) is 9.35. The molecule has 14 heavy (non-hydrogen) atoms. The van der Waals surface area contributed by atoms with E-state index in [-0.39, 0.29) is 0 Å². The number of rotatable bonds is 2. The Hall–Kier alpha value is -0.890. The summed E-state index contributed by atoms with van der Waals surface area (Å²) >= 11 is 5.88. The molecule has 0 amide bonds. The molecule has 0 radical (unpaired) electrons. The van der Waals surface area contributed by atoms with Gasteiger partial charge in [0.15, 0.2) is 0 Å². The van der Waals surface area contributed by atoms with Crippen LogP contribution in [0.5, 0.6) is 11.5 Å². The maximum absolute atomic E-state index is 5.88. The van der Waals surface area contributed by atoms with Gasteiger partial charge in [-0.3, -0.25) is 0 Å². The second kappa shape index (κ2) is 6.55. The molecular formula is C11H17ClO2. The number of aryl methyl sites for hydroxylation is 1. The van der Waals surface area contributed by atoms with Gasteiger partial charge >= 0.3 is 0 Å². The van der Waals surface area contributed by atoms with Crippen molar-refractivity contribution in [2.45, 2.75) is 20.8 Å². The van der Waals surface area contributed by atoms with E-state index < -0.39 is 0 Å². The van der Waals surface area contributed by atoms with E-state index in [9.17, 15) is 0 Å². The van der Waals surface area contributed by atoms with Gasteiger partial charge in [0.05, 0.1) is 19.2 Å². The molecule has 2 nitrogen and oxygen atoms in total. The standard InChI is InChI=1S/C9H11ClO2.C2H6/c1-6-4-7(10)9(12-3)5-8(6)11-2;1-2/h4-5H,1-3H3;1-2H3. The van der Waals surface area contributed by atoms with Crippen molar-refractivity contribution in [3.8, 4) is 11.5 Å². The summed E-state index contributed by atoms with van der Waals surface area (Å²) in [5.74, 6) is 1.43. The van der Waals surface area contributed by atoms with Crippen molar-refractivity contribution in [2.24, 2.45) is 0 Å². The fraction of sp³-hybridized carbons (Fsp3) is 0.455. The second-order valence-electron chi connectivity index (χ2n) is 2.46. The molecule has 0 saturated carbocycles. The third-order valence-electron chi connectivity index (χ3n) is 1.67. The minimum absolute atomic E-state index is 0.607. The van der Waals surface area contributed by atoms with Crippen LogP contribution in [0.25, 0.3) is 0 Å². The van der Waals surface area contributed by atoms with Crippen LogP contribution in [-0.4, -0.2) is 14.2 Å². The molecule has 0 aliphatic carbocycles. The van der Waals surface area contributed by atoms with E-state index in [1.54, 1.807) is 20.3 Å². The molecule has 0 N–H and O–H groups in total. The van der Waals surface area contributed by atoms with Gasteiger partial charge in [0.1, 0.15) is 11.5 Å². The SMILES string of the molecule is CC.COc1cc(OC)c(Cl)cc1C. The molecular weight excluding hydrogens is 200 g/mol. The summed E-state index contributed by atoms with van der Waals surface area (Å²) in [5.41, 5.74) is 1.00. The number of halogens is 1. The van der Waals surface area contributed by atoms with Crippen molar-refractivity contribution < 1.29 is 9.47 Å². The Balaban J connectivity index is 0.000000791. The molecule has 1 aromatic rings. The third-order valence-corrected chi connectivity index (χ3v) is 1.96. The van der Waals surface area contributed by atoms with Gasteiger partial charge in [0, 0.05) is 6.07 Å². The quantitative estimate of drug-likeness (QED) is 0.751. The Morgan fingerprint density at radius 2 is 1.50 bits per heavy atom. The topological polar surface area (TPSA) is 18.5 Å². The summed E-state index contributed by atoms with van der Waals surface area (Å²) in [4.78, 5) is 0. The lowest BCUT2D eigenvalue weighted by Gasteiger charge is -2.08. The Kier molecular flexibility index (Phi) is 6.13. The number of hydrogen-bond acceptors (Lipinski definition) is 2. The van der Waals surface area contributed by atoms with E-state index in [1.165, 1.54) is 0 Å². The summed E-state index contributed by atoms with van der Waals surface area (Å²) in [6.45, 7) is 5.93. The van der Waals surface area contributed by atoms with Gasteiger partial charge < -0.3 is 9.47 Å². The zero-order valence-corrected chi connectivity index (χ0v) is 10.1. The predicted molar refractivity (Wildman–Crippen MR) is 60.6 cm³/mol. The lowest BCUT2D eigenvalue weighted by atomic mass is 10.2. The molecule has 0 fully saturated rings. The van der Waals surface area contributed by atoms with Crippen molar-refractivity contribution in [2.75, 3.05) is 14.2 Å². The lowest BCUT2D eigenvalue weighted by Crippen LogP contribution is -1.90. The van der Waals surface area contributed by atoms with Gasteiger partial charge in [-0.2, -0.15) is 0 Å². The Morgan fingerprint density at radius 3 is 1.93 bits per heavy atom. The molecule has 0 saturated heterocycles. The monoisotopic (exact) mass is 216 g/mol. The first kappa shape index (κ1) is 13.1. The molecule has 0 aliphatic rings. The van der Waals surface area contributed by atoms with Crippen LogP contribution < -0.4 is 9.47 Å². The van der Waals surface area contributed by atoms with Crippen LogP contribution in [0, 0.1) is 6.92 Å². The van der Waals surface area contributed by atoms with Crippen LogP contribution >= 0.6 is 11.6 Å². The number of ether oxygens (including phenoxy) is 2. The summed E-state index contributed by atoms with van der Waals surface area (Å²) in [6.07, 6.45) is 0. The maximum Gasteiger partial charge on any atom is 0.141 e. The molecule has 3 heteroatoms. The summed E-state index contributed by atoms with van der Waals surface area (Å²) < 4.78 is 10.1. The predicted octanol–water partition coefficient (Wildman–Crippen LogP) is 3.69. The Bertz CT molecular complexity index is 260. The minimum Gasteiger partial charge on any atom is -0.496 e. The van der Waals surface area contributed by atoms with E-state index in [0.29, 0.717) is 10.8 Å². The molecule has 0 spiro atoms. The molecule has 0 heterocycles. The second-order valence-corrected chi connectivity index (χ2v) is 2.86. The summed E-state index contributed by atoms with van der Waals surface area (Å²) in [7, 11) is 3.20. The zero-order chi connectivity index (χ0) is 11.1. The fourth-order valence-corrected chi connectivity index (χ4v) is 1.31. The molecule has 0 unspecified atom stereocenters. The van der Waals surface area contributed by atoms with Crippen LogP contribution in [0.2, 0.25) is 5.02 Å². The number of methoxy groups -OCH3 is 2. The Morgan fingerprint density at radius 1 is 1.00 bits per heavy atom. The fourth-order valence-electron chi connectivity index (χ4n) is 1.01. The van der Waals surface area contributed by atoms with Gasteiger partial charge in [-0.25, -0.2) is 0 Å². The van der Waals surface area contributed by atoms with Gasteiger partial charge in [0.2, 0.25) is 0 Å². The van der Waals surface area contributed by atoms with Gasteiger partial charge in [-0.15, -0.1) is 0 Å². The highest BCUT2D eigenvalue weighted by molar-refractivity contribution is 6.32. The van der Waals surface area contributed by atoms with Crippen LogP contribution in [0.15, 0.2) is 12.1 Å². The molecule has 1 rings (SSSR count). The van der Waals surface area contributed by atoms with E-state index in [2.05, 4.69) is 0 Å². The van der Waals surface area contributed by atoms with E-state index in [4.69, 9.17) is 21.1 Å². The van der Waals surface area contributed by atoms with Crippen LogP contribution in [0.3, 0.4) is 0 Å². The normalized spacial score (nSPS) is 8.71. The van der Waals surface area contributed by atoms with Crippen molar-refractivity contribution >= 4 is 11.6 Å². The first-order chi connectivity index (χ1) is 6.69. The highest BCUT2D eigenvalue weighted by Crippen LogP contribution is 2.31. The molecule has 0 atom stereocenters. The van der Waals surface area contributed by atoms with E-state index in [1.807, 2.05) is 26.8 Å². The average molecular weight is 217 g/mol. The first-order valence-electron chi connectivity index (χ1n) is 4.57. The van der Waals surface area contributed by atoms with Crippen LogP contribution in [-0.2, 0) is 0 Å². The van der Waals surface area contributed by atoms with Gasteiger partial charge in [-0.1, -0.05) is 25.4 Å². The Labute approximate surface area is 90.8 Å². The lowest BCUT2D eigenvalue weighted by molar-refractivity contribution is 0.392. The van der Waals surface area contributed by atoms with Crippen molar-refractivity contribution in [1.82, 2.24) is 0 Å². The van der Waals surface area contributed by atoms with Crippen molar-refractivity contribution in [3.63, 3.8) is 0 Å². The molecule has 0 bridgehead atoms. The molecule has 0 aliphatic heterocycles. The molecule has 80 valence electrons. The van der Waals surface area contributed by atoms with Gasteiger partial charge in [0.25, 0.3) is 0 Å². The van der Waals surface area contributed by atoms with E-state index in [0.717, 1.165) is 11.3 Å². The molecule has 0 aromatic heterocycles. The highest BCUT2D eigenvalue weighted by atomic mass is 35.5. The maximum atomic E-state index is 5.88. The van der Waals surface area contributed by atoms with Gasteiger partial charge in [-0.05, 0) is 18.6 Å². The minimum atomic E-state index is 0.607. The average Bonchev–Trinajstić information content (AvgIpc) is 2.21. The largest absolute Gasteiger partial charge is 0.496 e. The summed E-state index contributed by atoms with van der Waals surface area (Å²) in [5, 5.41) is 0.607. The van der Waals surface area contributed by atoms with Crippen molar-refractivity contribution in [1.29, 1.82) is 0 Å². The molecule has 1 aromatic carbocycles. The smallest absolute Gasteiger partial charge is 0.141 e. The van der Waals surface area contributed by atoms with Crippen molar-refractivity contribution in [3.05, 3.63) is 22.7 Å². The third kappa shape index (κ3) is 3.11. The van der Waals surface area contributed by atoms with E-state index >= 15 is 0 Å². The first-order valence-corrected chi connectivity index (χ1v) is 4.95. The van der Waals surface area contributed by atoms with Crippen LogP contribution in [0.4, 0.5) is 0 Å². The van der Waals surface area contributed by atoms with Crippen LogP contribution in [0.1, 0.15) is 19.4 Å².